The van der Waals surface area contributed by atoms with Crippen LogP contribution in [-0.4, -0.2) is 15.2 Å². The molecule has 1 rings (SSSR count). The Bertz CT molecular complexity index is 243. The van der Waals surface area contributed by atoms with Crippen LogP contribution in [0, 0.1) is 0 Å². The van der Waals surface area contributed by atoms with Gasteiger partial charge < -0.3 is 0 Å². The van der Waals surface area contributed by atoms with Crippen molar-refractivity contribution in [3.05, 3.63) is 35.9 Å². The van der Waals surface area contributed by atoms with Gasteiger partial charge in [0.1, 0.15) is 0 Å². The molecule has 0 fully saturated rings. The van der Waals surface area contributed by atoms with Crippen LogP contribution in [-0.2, 0) is 5.28 Å². The molecule has 86 valence electrons. The van der Waals surface area contributed by atoms with Gasteiger partial charge in [0.15, 0.2) is 0 Å². The average molecular weight is 231 g/mol. The van der Waals surface area contributed by atoms with Crippen LogP contribution in [0.3, 0.4) is 0 Å². The van der Waals surface area contributed by atoms with E-state index in [4.69, 9.17) is 0 Å². The zero-order valence-corrected chi connectivity index (χ0v) is 11.8. The molecule has 0 heterocycles. The van der Waals surface area contributed by atoms with Crippen molar-refractivity contribution in [2.45, 2.75) is 56.0 Å². The summed E-state index contributed by atoms with van der Waals surface area (Å²) in [7, 11) is 0. The van der Waals surface area contributed by atoms with Crippen molar-refractivity contribution >= 4 is 15.2 Å². The van der Waals surface area contributed by atoms with E-state index in [-0.39, 0.29) is 0 Å². The summed E-state index contributed by atoms with van der Waals surface area (Å²) in [6.45, 7) is 2.28. The predicted molar refractivity (Wildman–Crippen MR) is 74.1 cm³/mol. The van der Waals surface area contributed by atoms with Gasteiger partial charge in [0.25, 0.3) is 0 Å². The molecular weight excluding hydrogens is 207 g/mol. The minimum absolute atomic E-state index is 0.648. The Morgan fingerprint density at radius 1 is 0.875 bits per heavy atom. The van der Waals surface area contributed by atoms with Crippen LogP contribution in [0.4, 0.5) is 0 Å². The molecule has 0 unspecified atom stereocenters. The molecule has 1 aromatic rings. The van der Waals surface area contributed by atoms with E-state index < -0.39 is 0 Å². The quantitative estimate of drug-likeness (QED) is 0.428. The molecule has 1 aromatic carbocycles. The van der Waals surface area contributed by atoms with E-state index in [1.54, 1.807) is 0 Å². The molecular formula is C15H24Al+. The van der Waals surface area contributed by atoms with Crippen molar-refractivity contribution in [3.8, 4) is 0 Å². The standard InChI is InChI=1S/C8H17.C7H7.Al/c1-3-5-7-8-6-4-2;1-7-5-3-2-4-6-7;/h1,3-8H2,2H3;2-6H,1H2;/q;;+1. The maximum absolute atomic E-state index is 2.28. The third-order valence-electron chi connectivity index (χ3n) is 2.98. The van der Waals surface area contributed by atoms with Crippen molar-refractivity contribution in [3.63, 3.8) is 0 Å². The van der Waals surface area contributed by atoms with E-state index in [1.165, 1.54) is 54.7 Å². The second-order valence-electron chi connectivity index (χ2n) is 4.53. The third-order valence-corrected chi connectivity index (χ3v) is 4.56. The van der Waals surface area contributed by atoms with Crippen LogP contribution in [0.5, 0.6) is 0 Å². The van der Waals surface area contributed by atoms with Crippen LogP contribution in [0.25, 0.3) is 0 Å². The van der Waals surface area contributed by atoms with E-state index >= 15 is 0 Å². The van der Waals surface area contributed by atoms with Gasteiger partial charge in [0.2, 0.25) is 0 Å². The van der Waals surface area contributed by atoms with Gasteiger partial charge in [-0.25, -0.2) is 0 Å². The summed E-state index contributed by atoms with van der Waals surface area (Å²) in [6.07, 6.45) is 8.62. The van der Waals surface area contributed by atoms with Gasteiger partial charge in [0, 0.05) is 0 Å². The first-order valence-corrected chi connectivity index (χ1v) is 8.42. The summed E-state index contributed by atoms with van der Waals surface area (Å²) in [5, 5.41) is 2.83. The number of rotatable bonds is 9. The first kappa shape index (κ1) is 13.8. The summed E-state index contributed by atoms with van der Waals surface area (Å²) < 4.78 is 0. The number of hydrogen-bond donors (Lipinski definition) is 0. The fraction of sp³-hybridized carbons (Fsp3) is 0.600. The average Bonchev–Trinajstić information content (AvgIpc) is 2.34. The Hall–Kier alpha value is -0.248. The van der Waals surface area contributed by atoms with Gasteiger partial charge in [-0.05, 0) is 0 Å². The predicted octanol–water partition coefficient (Wildman–Crippen LogP) is 4.67. The Kier molecular flexibility index (Phi) is 8.58. The van der Waals surface area contributed by atoms with Gasteiger partial charge >= 0.3 is 107 Å². The fourth-order valence-electron chi connectivity index (χ4n) is 1.95. The van der Waals surface area contributed by atoms with Crippen LogP contribution in [0.1, 0.15) is 51.0 Å². The Balaban J connectivity index is 1.89. The fourth-order valence-corrected chi connectivity index (χ4v) is 3.34. The van der Waals surface area contributed by atoms with Crippen molar-refractivity contribution in [1.82, 2.24) is 0 Å². The summed E-state index contributed by atoms with van der Waals surface area (Å²) in [4.78, 5) is 0. The molecule has 0 aliphatic heterocycles. The molecule has 0 amide bonds. The zero-order chi connectivity index (χ0) is 11.5. The third kappa shape index (κ3) is 7.10. The zero-order valence-electron chi connectivity index (χ0n) is 10.6. The first-order valence-electron chi connectivity index (χ1n) is 6.79. The summed E-state index contributed by atoms with van der Waals surface area (Å²) in [6, 6.07) is 10.9. The molecule has 0 atom stereocenters. The van der Waals surface area contributed by atoms with Gasteiger partial charge in [0.05, 0.1) is 0 Å². The first-order chi connectivity index (χ1) is 7.93. The number of unbranched alkanes of at least 4 members (excludes halogenated alkanes) is 5. The minimum atomic E-state index is 0.648. The molecule has 0 aliphatic carbocycles. The maximum atomic E-state index is 2.28. The molecule has 0 N–H and O–H groups in total. The SMILES string of the molecule is CCCCCCC[CH2][Al+][CH2]c1ccccc1. The van der Waals surface area contributed by atoms with E-state index in [0.29, 0.717) is 15.2 Å². The number of benzene rings is 1. The molecule has 0 aliphatic rings. The Morgan fingerprint density at radius 2 is 1.56 bits per heavy atom. The van der Waals surface area contributed by atoms with Gasteiger partial charge in [-0.2, -0.15) is 0 Å². The molecule has 0 saturated carbocycles. The molecule has 16 heavy (non-hydrogen) atoms. The van der Waals surface area contributed by atoms with E-state index in [0.717, 1.165) is 0 Å². The van der Waals surface area contributed by atoms with Crippen LogP contribution in [0.2, 0.25) is 5.28 Å². The van der Waals surface area contributed by atoms with Crippen LogP contribution >= 0.6 is 0 Å². The summed E-state index contributed by atoms with van der Waals surface area (Å²) >= 11 is 0.648. The van der Waals surface area contributed by atoms with Crippen LogP contribution < -0.4 is 0 Å². The van der Waals surface area contributed by atoms with Crippen molar-refractivity contribution in [2.24, 2.45) is 0 Å². The van der Waals surface area contributed by atoms with Gasteiger partial charge in [-0.15, -0.1) is 0 Å². The molecule has 0 radical (unpaired) electrons. The van der Waals surface area contributed by atoms with Gasteiger partial charge in [-0.1, -0.05) is 0 Å². The molecule has 1 heteroatoms. The Morgan fingerprint density at radius 3 is 2.31 bits per heavy atom. The van der Waals surface area contributed by atoms with Crippen LogP contribution in [0.15, 0.2) is 30.3 Å². The van der Waals surface area contributed by atoms with Crippen molar-refractivity contribution in [2.75, 3.05) is 0 Å². The number of hydrogen-bond acceptors (Lipinski definition) is 0. The van der Waals surface area contributed by atoms with E-state index in [9.17, 15) is 0 Å². The summed E-state index contributed by atoms with van der Waals surface area (Å²) in [5.41, 5.74) is 1.53. The Labute approximate surface area is 107 Å². The topological polar surface area (TPSA) is 0 Å². The van der Waals surface area contributed by atoms with E-state index in [1.807, 2.05) is 0 Å². The molecule has 0 nitrogen and oxygen atoms in total. The molecule has 0 saturated heterocycles. The second-order valence-corrected chi connectivity index (χ2v) is 6.10. The van der Waals surface area contributed by atoms with Crippen molar-refractivity contribution in [1.29, 1.82) is 0 Å². The summed E-state index contributed by atoms with van der Waals surface area (Å²) in [5.74, 6) is 0. The van der Waals surface area contributed by atoms with Crippen molar-refractivity contribution < 1.29 is 0 Å². The molecule has 0 spiro atoms. The monoisotopic (exact) mass is 231 g/mol. The molecule has 0 aromatic heterocycles. The molecule has 0 bridgehead atoms. The van der Waals surface area contributed by atoms with E-state index in [2.05, 4.69) is 37.3 Å². The second kappa shape index (κ2) is 9.94. The normalized spacial score (nSPS) is 10.1. The van der Waals surface area contributed by atoms with Gasteiger partial charge in [-0.3, -0.25) is 0 Å².